The number of halogens is 3. The number of nitrogens with zero attached hydrogens (tertiary/aromatic N) is 5. The first kappa shape index (κ1) is 21.7. The van der Waals surface area contributed by atoms with Crippen LogP contribution in [0.15, 0.2) is 35.2 Å². The quantitative estimate of drug-likeness (QED) is 0.598. The van der Waals surface area contributed by atoms with Gasteiger partial charge in [0.05, 0.1) is 12.2 Å². The Kier molecular flexibility index (Phi) is 5.82. The Morgan fingerprint density at radius 3 is 2.75 bits per heavy atom. The largest absolute Gasteiger partial charge is 0.433 e. The zero-order chi connectivity index (χ0) is 22.9. The van der Waals surface area contributed by atoms with Crippen LogP contribution in [-0.4, -0.2) is 45.1 Å². The monoisotopic (exact) mass is 466 g/mol. The Balaban J connectivity index is 1.40. The average molecular weight is 466 g/mol. The minimum atomic E-state index is -4.51. The molecular weight excluding hydrogens is 449 g/mol. The van der Waals surface area contributed by atoms with Crippen LogP contribution < -0.4 is 10.2 Å². The molecule has 0 unspecified atom stereocenters. The van der Waals surface area contributed by atoms with E-state index in [9.17, 15) is 22.8 Å². The van der Waals surface area contributed by atoms with Crippen molar-refractivity contribution >= 4 is 28.4 Å². The summed E-state index contributed by atoms with van der Waals surface area (Å²) in [4.78, 5) is 36.4. The molecule has 9 nitrogen and oxygen atoms in total. The molecule has 0 saturated carbocycles. The van der Waals surface area contributed by atoms with Crippen molar-refractivity contribution in [1.29, 1.82) is 0 Å². The first-order chi connectivity index (χ1) is 15.2. The highest BCUT2D eigenvalue weighted by atomic mass is 32.1. The fraction of sp³-hybridized carbons (Fsp3) is 0.316. The molecule has 0 bridgehead atoms. The van der Waals surface area contributed by atoms with Crippen LogP contribution in [0.2, 0.25) is 0 Å². The molecule has 4 heterocycles. The summed E-state index contributed by atoms with van der Waals surface area (Å²) in [5, 5.41) is 6.82. The summed E-state index contributed by atoms with van der Waals surface area (Å²) in [6.07, 6.45) is -1.99. The van der Waals surface area contributed by atoms with Crippen LogP contribution in [0.1, 0.15) is 32.3 Å². The van der Waals surface area contributed by atoms with E-state index in [1.54, 1.807) is 13.0 Å². The van der Waals surface area contributed by atoms with Crippen molar-refractivity contribution in [2.24, 2.45) is 0 Å². The molecular formula is C19H17F3N6O3S. The highest BCUT2D eigenvalue weighted by molar-refractivity contribution is 7.17. The van der Waals surface area contributed by atoms with Gasteiger partial charge in [-0.05, 0) is 18.6 Å². The fourth-order valence-electron chi connectivity index (χ4n) is 3.10. The maximum Gasteiger partial charge on any atom is 0.433 e. The maximum atomic E-state index is 12.8. The van der Waals surface area contributed by atoms with Crippen molar-refractivity contribution in [3.63, 3.8) is 0 Å². The number of carbonyl (C=O) groups excluding carboxylic acids is 2. The number of aromatic nitrogens is 3. The van der Waals surface area contributed by atoms with E-state index in [0.717, 1.165) is 23.6 Å². The molecule has 1 saturated heterocycles. The molecule has 1 aliphatic heterocycles. The van der Waals surface area contributed by atoms with E-state index in [0.29, 0.717) is 40.0 Å². The average Bonchev–Trinajstić information content (AvgIpc) is 3.47. The van der Waals surface area contributed by atoms with Crippen molar-refractivity contribution in [2.75, 3.05) is 18.0 Å². The summed E-state index contributed by atoms with van der Waals surface area (Å²) < 4.78 is 42.7. The third kappa shape index (κ3) is 4.56. The lowest BCUT2D eigenvalue weighted by atomic mass is 10.2. The zero-order valence-electron chi connectivity index (χ0n) is 16.7. The van der Waals surface area contributed by atoms with Crippen LogP contribution in [0.3, 0.4) is 0 Å². The van der Waals surface area contributed by atoms with Gasteiger partial charge in [-0.2, -0.15) is 13.2 Å². The van der Waals surface area contributed by atoms with Gasteiger partial charge in [0.15, 0.2) is 5.13 Å². The van der Waals surface area contributed by atoms with Gasteiger partial charge in [0.2, 0.25) is 0 Å². The summed E-state index contributed by atoms with van der Waals surface area (Å²) in [7, 11) is 0. The lowest BCUT2D eigenvalue weighted by Gasteiger charge is -2.17. The number of nitrogens with one attached hydrogen (secondary N) is 1. The summed E-state index contributed by atoms with van der Waals surface area (Å²) in [6.45, 7) is 2.71. The molecule has 1 fully saturated rings. The standard InChI is InChI=1S/C19H17F3N6O3S/c1-11-15(16(29)24-9-13-4-7-31-26-13)32-17(25-11)28-6-5-27(18(28)30)10-12-2-3-14(23-8-12)19(20,21)22/h2-4,7-8H,5-6,9-10H2,1H3,(H,24,29). The van der Waals surface area contributed by atoms with Gasteiger partial charge in [-0.15, -0.1) is 0 Å². The minimum absolute atomic E-state index is 0.121. The van der Waals surface area contributed by atoms with Crippen LogP contribution in [-0.2, 0) is 19.3 Å². The predicted octanol–water partition coefficient (Wildman–Crippen LogP) is 3.23. The third-order valence-corrected chi connectivity index (χ3v) is 5.91. The summed E-state index contributed by atoms with van der Waals surface area (Å²) in [6, 6.07) is 3.49. The number of thiazole rings is 1. The number of amides is 3. The Hall–Kier alpha value is -3.48. The molecule has 168 valence electrons. The van der Waals surface area contributed by atoms with E-state index < -0.39 is 11.9 Å². The van der Waals surface area contributed by atoms with Gasteiger partial charge in [0.1, 0.15) is 22.5 Å². The SMILES string of the molecule is Cc1nc(N2CCN(Cc3ccc(C(F)(F)F)nc3)C2=O)sc1C(=O)NCc1ccon1. The molecule has 0 radical (unpaired) electrons. The Labute approximate surface area is 183 Å². The number of hydrogen-bond acceptors (Lipinski definition) is 7. The second kappa shape index (κ2) is 8.57. The van der Waals surface area contributed by atoms with Gasteiger partial charge in [0, 0.05) is 31.9 Å². The highest BCUT2D eigenvalue weighted by Crippen LogP contribution is 2.30. The van der Waals surface area contributed by atoms with Gasteiger partial charge in [-0.1, -0.05) is 22.6 Å². The van der Waals surface area contributed by atoms with Gasteiger partial charge < -0.3 is 14.7 Å². The molecule has 1 aliphatic rings. The summed E-state index contributed by atoms with van der Waals surface area (Å²) in [5.41, 5.74) is 0.560. The van der Waals surface area contributed by atoms with Gasteiger partial charge >= 0.3 is 12.2 Å². The van der Waals surface area contributed by atoms with E-state index in [4.69, 9.17) is 4.52 Å². The van der Waals surface area contributed by atoms with Crippen LogP contribution in [0.4, 0.5) is 23.1 Å². The molecule has 0 spiro atoms. The number of urea groups is 1. The van der Waals surface area contributed by atoms with Crippen molar-refractivity contribution in [1.82, 2.24) is 25.3 Å². The third-order valence-electron chi connectivity index (χ3n) is 4.73. The lowest BCUT2D eigenvalue weighted by Crippen LogP contribution is -2.31. The Bertz CT molecular complexity index is 1110. The van der Waals surface area contributed by atoms with Crippen molar-refractivity contribution in [2.45, 2.75) is 26.2 Å². The van der Waals surface area contributed by atoms with Crippen LogP contribution in [0, 0.1) is 6.92 Å². The second-order valence-corrected chi connectivity index (χ2v) is 7.97. The molecule has 1 N–H and O–H groups in total. The molecule has 3 amide bonds. The van der Waals surface area contributed by atoms with Crippen LogP contribution in [0.25, 0.3) is 0 Å². The van der Waals surface area contributed by atoms with Gasteiger partial charge in [-0.3, -0.25) is 14.7 Å². The number of alkyl halides is 3. The van der Waals surface area contributed by atoms with Crippen molar-refractivity contribution in [3.8, 4) is 0 Å². The molecule has 3 aromatic heterocycles. The minimum Gasteiger partial charge on any atom is -0.364 e. The summed E-state index contributed by atoms with van der Waals surface area (Å²) >= 11 is 1.09. The van der Waals surface area contributed by atoms with Crippen molar-refractivity contribution in [3.05, 3.63) is 58.2 Å². The molecule has 13 heteroatoms. The molecule has 0 atom stereocenters. The first-order valence-electron chi connectivity index (χ1n) is 9.46. The molecule has 32 heavy (non-hydrogen) atoms. The number of aryl methyl sites for hydroxylation is 1. The molecule has 4 rings (SSSR count). The van der Waals surface area contributed by atoms with E-state index in [1.807, 2.05) is 0 Å². The van der Waals surface area contributed by atoms with Crippen LogP contribution >= 0.6 is 11.3 Å². The van der Waals surface area contributed by atoms with E-state index in [1.165, 1.54) is 22.1 Å². The lowest BCUT2D eigenvalue weighted by molar-refractivity contribution is -0.141. The summed E-state index contributed by atoms with van der Waals surface area (Å²) in [5.74, 6) is -0.339. The fourth-order valence-corrected chi connectivity index (χ4v) is 4.10. The van der Waals surface area contributed by atoms with Gasteiger partial charge in [0.25, 0.3) is 5.91 Å². The van der Waals surface area contributed by atoms with E-state index >= 15 is 0 Å². The Morgan fingerprint density at radius 2 is 2.09 bits per heavy atom. The Morgan fingerprint density at radius 1 is 1.28 bits per heavy atom. The van der Waals surface area contributed by atoms with Crippen LogP contribution in [0.5, 0.6) is 0 Å². The number of pyridine rings is 1. The molecule has 0 aromatic carbocycles. The first-order valence-corrected chi connectivity index (χ1v) is 10.3. The zero-order valence-corrected chi connectivity index (χ0v) is 17.5. The molecule has 0 aliphatic carbocycles. The smallest absolute Gasteiger partial charge is 0.364 e. The highest BCUT2D eigenvalue weighted by Gasteiger charge is 2.34. The second-order valence-electron chi connectivity index (χ2n) is 6.99. The van der Waals surface area contributed by atoms with E-state index in [2.05, 4.69) is 20.4 Å². The molecule has 3 aromatic rings. The predicted molar refractivity (Wildman–Crippen MR) is 107 cm³/mol. The number of carbonyl (C=O) groups is 2. The topological polar surface area (TPSA) is 104 Å². The van der Waals surface area contributed by atoms with E-state index in [-0.39, 0.29) is 25.0 Å². The number of anilines is 1. The maximum absolute atomic E-state index is 12.8. The van der Waals surface area contributed by atoms with Crippen molar-refractivity contribution < 1.29 is 27.3 Å². The van der Waals surface area contributed by atoms with Gasteiger partial charge in [-0.25, -0.2) is 9.78 Å². The normalized spacial score (nSPS) is 14.3. The number of rotatable bonds is 6. The number of hydrogen-bond donors (Lipinski definition) is 1.